The molecule has 5 rings (SSSR count). The molecule has 0 saturated heterocycles. The highest BCUT2D eigenvalue weighted by Crippen LogP contribution is 2.64. The second kappa shape index (κ2) is 9.32. The van der Waals surface area contributed by atoms with Gasteiger partial charge in [-0.25, -0.2) is 0 Å². The summed E-state index contributed by atoms with van der Waals surface area (Å²) in [4.78, 5) is 18.2. The van der Waals surface area contributed by atoms with Crippen molar-refractivity contribution in [3.05, 3.63) is 29.1 Å². The van der Waals surface area contributed by atoms with Crippen molar-refractivity contribution in [2.75, 3.05) is 13.2 Å². The molecule has 4 heteroatoms. The number of pyridine rings is 1. The summed E-state index contributed by atoms with van der Waals surface area (Å²) in [5.74, 6) is 4.30. The number of hydrogen-bond acceptors (Lipinski definition) is 4. The number of Topliss-reactive ketones (excluding diaryl/α,β-unsaturated/α-hetero) is 1. The van der Waals surface area contributed by atoms with Gasteiger partial charge in [0.05, 0.1) is 17.9 Å². The van der Waals surface area contributed by atoms with Crippen LogP contribution in [-0.4, -0.2) is 34.7 Å². The van der Waals surface area contributed by atoms with Crippen LogP contribution in [0.2, 0.25) is 0 Å². The van der Waals surface area contributed by atoms with Gasteiger partial charge in [-0.3, -0.25) is 9.78 Å². The van der Waals surface area contributed by atoms with Gasteiger partial charge < -0.3 is 9.84 Å². The normalized spacial score (nSPS) is 41.4. The summed E-state index contributed by atoms with van der Waals surface area (Å²) in [5.41, 5.74) is 2.83. The van der Waals surface area contributed by atoms with Crippen LogP contribution in [0.25, 0.3) is 0 Å². The van der Waals surface area contributed by atoms with E-state index in [9.17, 15) is 9.90 Å². The molecule has 1 heterocycles. The Bertz CT molecular complexity index is 914. The molecule has 4 nitrogen and oxygen atoms in total. The largest absolute Gasteiger partial charge is 0.387 e. The van der Waals surface area contributed by atoms with Crippen LogP contribution in [0, 0.1) is 54.8 Å². The number of rotatable bonds is 6. The Balaban J connectivity index is 1.27. The van der Waals surface area contributed by atoms with E-state index in [4.69, 9.17) is 4.74 Å². The zero-order valence-electron chi connectivity index (χ0n) is 21.8. The van der Waals surface area contributed by atoms with Crippen molar-refractivity contribution in [2.45, 2.75) is 97.5 Å². The molecule has 0 aromatic carbocycles. The molecular weight excluding hydrogens is 422 g/mol. The molecule has 34 heavy (non-hydrogen) atoms. The standard InChI is InChI=1S/C30H45NO3/c1-5-34-18-30(33)13-11-22-21(16-30)6-7-24-23(22)10-12-29(4)25(24)8-9-26(29)28(32)15-27-20(3)14-19(2)17-31-27/h14,17,21-26,33H,5-13,15-16,18H2,1-4H3/t21-,22+,23-,24-,25+,26-,29+,30-/m1/s1. The molecule has 188 valence electrons. The second-order valence-electron chi connectivity index (χ2n) is 12.6. The highest BCUT2D eigenvalue weighted by Gasteiger charge is 2.59. The van der Waals surface area contributed by atoms with Gasteiger partial charge in [0.2, 0.25) is 0 Å². The van der Waals surface area contributed by atoms with Crippen molar-refractivity contribution in [2.24, 2.45) is 40.9 Å². The Morgan fingerprint density at radius 2 is 1.88 bits per heavy atom. The maximum absolute atomic E-state index is 13.6. The molecule has 1 N–H and O–H groups in total. The molecule has 1 aromatic heterocycles. The lowest BCUT2D eigenvalue weighted by atomic mass is 9.49. The van der Waals surface area contributed by atoms with Crippen molar-refractivity contribution in [3.8, 4) is 0 Å². The fourth-order valence-electron chi connectivity index (χ4n) is 9.13. The van der Waals surface area contributed by atoms with Crippen molar-refractivity contribution in [1.82, 2.24) is 4.98 Å². The Hall–Kier alpha value is -1.26. The molecule has 4 aliphatic rings. The first-order chi connectivity index (χ1) is 16.2. The summed E-state index contributed by atoms with van der Waals surface area (Å²) < 4.78 is 5.64. The molecule has 4 saturated carbocycles. The topological polar surface area (TPSA) is 59.4 Å². The number of fused-ring (bicyclic) bond motifs is 5. The van der Waals surface area contributed by atoms with Crippen LogP contribution < -0.4 is 0 Å². The van der Waals surface area contributed by atoms with Gasteiger partial charge in [0.25, 0.3) is 0 Å². The minimum absolute atomic E-state index is 0.161. The summed E-state index contributed by atoms with van der Waals surface area (Å²) in [7, 11) is 0. The number of nitrogens with zero attached hydrogens (tertiary/aromatic N) is 1. The molecule has 0 spiro atoms. The van der Waals surface area contributed by atoms with Crippen LogP contribution in [0.1, 0.15) is 88.5 Å². The van der Waals surface area contributed by atoms with Gasteiger partial charge in [0, 0.05) is 25.1 Å². The van der Waals surface area contributed by atoms with Gasteiger partial charge in [-0.05, 0) is 125 Å². The van der Waals surface area contributed by atoms with E-state index in [1.807, 2.05) is 13.1 Å². The summed E-state index contributed by atoms with van der Waals surface area (Å²) in [5, 5.41) is 11.1. The number of hydrogen-bond donors (Lipinski definition) is 1. The van der Waals surface area contributed by atoms with Gasteiger partial charge in [-0.2, -0.15) is 0 Å². The van der Waals surface area contributed by atoms with E-state index in [2.05, 4.69) is 31.8 Å². The average molecular weight is 468 g/mol. The summed E-state index contributed by atoms with van der Waals surface area (Å²) in [6.07, 6.45) is 12.7. The van der Waals surface area contributed by atoms with Crippen molar-refractivity contribution in [3.63, 3.8) is 0 Å². The molecule has 0 radical (unpaired) electrons. The van der Waals surface area contributed by atoms with E-state index in [-0.39, 0.29) is 11.3 Å². The molecule has 4 aliphatic carbocycles. The molecule has 0 bridgehead atoms. The van der Waals surface area contributed by atoms with E-state index in [0.29, 0.717) is 37.3 Å². The zero-order chi connectivity index (χ0) is 24.1. The van der Waals surface area contributed by atoms with Crippen LogP contribution in [0.5, 0.6) is 0 Å². The second-order valence-corrected chi connectivity index (χ2v) is 12.6. The van der Waals surface area contributed by atoms with Crippen LogP contribution in [0.4, 0.5) is 0 Å². The quantitative estimate of drug-likeness (QED) is 0.570. The SMILES string of the molecule is CCOC[C@@]1(O)CC[C@H]2[C@H](CC[C@@H]3[C@@H]2CC[C@]2(C)[C@@H](C(=O)Cc4ncc(C)cc4C)CC[C@@H]32)C1. The van der Waals surface area contributed by atoms with Gasteiger partial charge >= 0.3 is 0 Å². The Kier molecular flexibility index (Phi) is 6.70. The molecule has 0 aliphatic heterocycles. The number of aryl methyl sites for hydroxylation is 2. The van der Waals surface area contributed by atoms with E-state index in [1.54, 1.807) is 0 Å². The Morgan fingerprint density at radius 3 is 2.65 bits per heavy atom. The Morgan fingerprint density at radius 1 is 1.09 bits per heavy atom. The number of ketones is 1. The lowest BCUT2D eigenvalue weighted by Crippen LogP contribution is -2.52. The molecule has 0 unspecified atom stereocenters. The lowest BCUT2D eigenvalue weighted by Gasteiger charge is -2.57. The maximum Gasteiger partial charge on any atom is 0.142 e. The molecular formula is C30H45NO3. The third kappa shape index (κ3) is 4.28. The van der Waals surface area contributed by atoms with Crippen LogP contribution in [0.3, 0.4) is 0 Å². The fourth-order valence-corrected chi connectivity index (χ4v) is 9.13. The van der Waals surface area contributed by atoms with Gasteiger partial charge in [-0.15, -0.1) is 0 Å². The van der Waals surface area contributed by atoms with Gasteiger partial charge in [-0.1, -0.05) is 13.0 Å². The van der Waals surface area contributed by atoms with Crippen molar-refractivity contribution < 1.29 is 14.6 Å². The number of carbonyl (C=O) groups excluding carboxylic acids is 1. The first kappa shape index (κ1) is 24.4. The molecule has 4 fully saturated rings. The lowest BCUT2D eigenvalue weighted by molar-refractivity contribution is -0.137. The van der Waals surface area contributed by atoms with Crippen molar-refractivity contribution in [1.29, 1.82) is 0 Å². The van der Waals surface area contributed by atoms with Gasteiger partial charge in [0.1, 0.15) is 5.78 Å². The number of aromatic nitrogens is 1. The fraction of sp³-hybridized carbons (Fsp3) is 0.800. The predicted molar refractivity (Wildman–Crippen MR) is 134 cm³/mol. The summed E-state index contributed by atoms with van der Waals surface area (Å²) in [6.45, 7) is 9.80. The van der Waals surface area contributed by atoms with Crippen molar-refractivity contribution >= 4 is 5.78 Å². The number of carbonyl (C=O) groups is 1. The minimum atomic E-state index is -0.611. The third-order valence-electron chi connectivity index (χ3n) is 10.7. The van der Waals surface area contributed by atoms with E-state index >= 15 is 0 Å². The number of aliphatic hydroxyl groups is 1. The highest BCUT2D eigenvalue weighted by molar-refractivity contribution is 5.84. The first-order valence-electron chi connectivity index (χ1n) is 14.0. The Labute approximate surface area is 206 Å². The van der Waals surface area contributed by atoms with Crippen LogP contribution >= 0.6 is 0 Å². The molecule has 1 aromatic rings. The third-order valence-corrected chi connectivity index (χ3v) is 10.7. The van der Waals surface area contributed by atoms with Gasteiger partial charge in [0.15, 0.2) is 0 Å². The highest BCUT2D eigenvalue weighted by atomic mass is 16.5. The summed E-state index contributed by atoms with van der Waals surface area (Å²) >= 11 is 0. The minimum Gasteiger partial charge on any atom is -0.387 e. The summed E-state index contributed by atoms with van der Waals surface area (Å²) in [6, 6.07) is 2.15. The predicted octanol–water partition coefficient (Wildman–Crippen LogP) is 5.85. The molecule has 0 amide bonds. The van der Waals surface area contributed by atoms with Crippen LogP contribution in [0.15, 0.2) is 12.3 Å². The smallest absolute Gasteiger partial charge is 0.142 e. The zero-order valence-corrected chi connectivity index (χ0v) is 21.8. The monoisotopic (exact) mass is 467 g/mol. The van der Waals surface area contributed by atoms with E-state index in [1.165, 1.54) is 32.1 Å². The van der Waals surface area contributed by atoms with E-state index < -0.39 is 5.60 Å². The van der Waals surface area contributed by atoms with E-state index in [0.717, 1.165) is 60.3 Å². The van der Waals surface area contributed by atoms with Crippen LogP contribution in [-0.2, 0) is 16.0 Å². The first-order valence-corrected chi connectivity index (χ1v) is 14.0. The maximum atomic E-state index is 13.6. The molecule has 8 atom stereocenters. The average Bonchev–Trinajstić information content (AvgIpc) is 3.16. The number of ether oxygens (including phenoxy) is 1.